The first-order chi connectivity index (χ1) is 17.9. The molecule has 0 spiro atoms. The standard InChI is InChI=1S/C29H27FN6O/c1-35(2)15-6-9-26(37)33-24-13-12-23-28(27(24)20-11-10-19-14-16-36(3)25(19)17-20)29(32-18-31-23)34-22-8-5-4-7-21(22)30/h4-14,16-18H,15H2,1-3H3,(H,33,37)(H,31,32,34)/b9-6+. The molecule has 2 aromatic heterocycles. The van der Waals surface area contributed by atoms with Gasteiger partial charge in [0, 0.05) is 42.6 Å². The summed E-state index contributed by atoms with van der Waals surface area (Å²) in [6.07, 6.45) is 6.77. The van der Waals surface area contributed by atoms with E-state index >= 15 is 0 Å². The molecule has 0 aliphatic heterocycles. The van der Waals surface area contributed by atoms with Crippen molar-refractivity contribution in [3.8, 4) is 11.1 Å². The van der Waals surface area contributed by atoms with E-state index in [0.717, 1.165) is 22.0 Å². The first-order valence-corrected chi connectivity index (χ1v) is 11.9. The molecule has 0 atom stereocenters. The first-order valence-electron chi connectivity index (χ1n) is 11.9. The third-order valence-electron chi connectivity index (χ3n) is 6.11. The minimum absolute atomic E-state index is 0.247. The van der Waals surface area contributed by atoms with Crippen LogP contribution in [-0.4, -0.2) is 46.0 Å². The highest BCUT2D eigenvalue weighted by Gasteiger charge is 2.18. The van der Waals surface area contributed by atoms with Crippen molar-refractivity contribution in [1.82, 2.24) is 19.4 Å². The molecule has 3 aromatic carbocycles. The molecule has 0 aliphatic carbocycles. The molecule has 0 fully saturated rings. The number of likely N-dealkylation sites (N-methyl/N-ethyl adjacent to an activating group) is 1. The second-order valence-corrected chi connectivity index (χ2v) is 9.06. The van der Waals surface area contributed by atoms with E-state index < -0.39 is 5.82 Å². The average molecular weight is 495 g/mol. The van der Waals surface area contributed by atoms with Crippen molar-refractivity contribution in [3.63, 3.8) is 0 Å². The van der Waals surface area contributed by atoms with Crippen molar-refractivity contribution < 1.29 is 9.18 Å². The van der Waals surface area contributed by atoms with Crippen LogP contribution in [0.15, 0.2) is 85.3 Å². The number of para-hydroxylation sites is 1. The first kappa shape index (κ1) is 24.1. The summed E-state index contributed by atoms with van der Waals surface area (Å²) in [4.78, 5) is 23.7. The molecular weight excluding hydrogens is 467 g/mol. The molecule has 1 amide bonds. The topological polar surface area (TPSA) is 75.1 Å². The van der Waals surface area contributed by atoms with Crippen molar-refractivity contribution >= 4 is 44.9 Å². The molecule has 5 aromatic rings. The fraction of sp³-hybridized carbons (Fsp3) is 0.138. The normalized spacial score (nSPS) is 11.6. The van der Waals surface area contributed by atoms with Gasteiger partial charge in [0.15, 0.2) is 0 Å². The van der Waals surface area contributed by atoms with Gasteiger partial charge in [0.1, 0.15) is 18.0 Å². The number of nitrogens with zero attached hydrogens (tertiary/aromatic N) is 4. The number of anilines is 3. The maximum Gasteiger partial charge on any atom is 0.248 e. The third-order valence-corrected chi connectivity index (χ3v) is 6.11. The lowest BCUT2D eigenvalue weighted by molar-refractivity contribution is -0.111. The molecule has 0 saturated heterocycles. The lowest BCUT2D eigenvalue weighted by Crippen LogP contribution is -2.13. The fourth-order valence-electron chi connectivity index (χ4n) is 4.30. The Morgan fingerprint density at radius 1 is 1.05 bits per heavy atom. The minimum atomic E-state index is -0.392. The Morgan fingerprint density at radius 2 is 1.89 bits per heavy atom. The number of carbonyl (C=O) groups is 1. The van der Waals surface area contributed by atoms with Gasteiger partial charge >= 0.3 is 0 Å². The number of aryl methyl sites for hydroxylation is 1. The van der Waals surface area contributed by atoms with Crippen LogP contribution in [0.3, 0.4) is 0 Å². The zero-order valence-electron chi connectivity index (χ0n) is 20.9. The average Bonchev–Trinajstić information content (AvgIpc) is 3.25. The van der Waals surface area contributed by atoms with E-state index in [1.54, 1.807) is 24.3 Å². The molecule has 0 bridgehead atoms. The van der Waals surface area contributed by atoms with E-state index in [9.17, 15) is 9.18 Å². The summed E-state index contributed by atoms with van der Waals surface area (Å²) < 4.78 is 16.6. The van der Waals surface area contributed by atoms with Crippen LogP contribution in [0.25, 0.3) is 32.9 Å². The van der Waals surface area contributed by atoms with Gasteiger partial charge in [-0.3, -0.25) is 4.79 Å². The quantitative estimate of drug-likeness (QED) is 0.283. The van der Waals surface area contributed by atoms with Gasteiger partial charge < -0.3 is 20.1 Å². The third kappa shape index (κ3) is 5.05. The van der Waals surface area contributed by atoms with Crippen LogP contribution in [-0.2, 0) is 11.8 Å². The Labute approximate surface area is 214 Å². The van der Waals surface area contributed by atoms with E-state index in [1.807, 2.05) is 61.1 Å². The maximum absolute atomic E-state index is 14.5. The molecule has 8 heteroatoms. The van der Waals surface area contributed by atoms with Crippen molar-refractivity contribution in [1.29, 1.82) is 0 Å². The van der Waals surface area contributed by atoms with Crippen LogP contribution in [0, 0.1) is 5.82 Å². The fourth-order valence-corrected chi connectivity index (χ4v) is 4.30. The van der Waals surface area contributed by atoms with Crippen LogP contribution < -0.4 is 10.6 Å². The predicted octanol–water partition coefficient (Wildman–Crippen LogP) is 5.73. The maximum atomic E-state index is 14.5. The number of carbonyl (C=O) groups excluding carboxylic acids is 1. The van der Waals surface area contributed by atoms with E-state index in [4.69, 9.17) is 0 Å². The molecule has 0 aliphatic rings. The summed E-state index contributed by atoms with van der Waals surface area (Å²) in [6.45, 7) is 0.646. The highest BCUT2D eigenvalue weighted by atomic mass is 19.1. The smallest absolute Gasteiger partial charge is 0.248 e. The number of nitrogens with one attached hydrogen (secondary N) is 2. The van der Waals surface area contributed by atoms with Crippen molar-refractivity contribution in [2.45, 2.75) is 0 Å². The van der Waals surface area contributed by atoms with Gasteiger partial charge in [-0.2, -0.15) is 0 Å². The van der Waals surface area contributed by atoms with Crippen LogP contribution in [0.4, 0.5) is 21.6 Å². The molecule has 2 N–H and O–H groups in total. The Hall–Kier alpha value is -4.56. The Balaban J connectivity index is 1.70. The van der Waals surface area contributed by atoms with Gasteiger partial charge in [0.2, 0.25) is 5.91 Å². The number of benzene rings is 3. The molecule has 5 rings (SSSR count). The molecule has 0 radical (unpaired) electrons. The van der Waals surface area contributed by atoms with Crippen molar-refractivity contribution in [3.05, 3.63) is 91.2 Å². The number of halogens is 1. The van der Waals surface area contributed by atoms with Gasteiger partial charge in [0.05, 0.1) is 16.6 Å². The number of rotatable bonds is 7. The van der Waals surface area contributed by atoms with E-state index in [2.05, 4.69) is 32.7 Å². The van der Waals surface area contributed by atoms with Crippen LogP contribution in [0.5, 0.6) is 0 Å². The van der Waals surface area contributed by atoms with E-state index in [1.165, 1.54) is 18.5 Å². The zero-order valence-corrected chi connectivity index (χ0v) is 20.9. The summed E-state index contributed by atoms with van der Waals surface area (Å²) in [6, 6.07) is 18.3. The number of hydrogen-bond acceptors (Lipinski definition) is 5. The second-order valence-electron chi connectivity index (χ2n) is 9.06. The molecule has 7 nitrogen and oxygen atoms in total. The Morgan fingerprint density at radius 3 is 2.70 bits per heavy atom. The summed E-state index contributed by atoms with van der Waals surface area (Å²) in [5, 5.41) is 7.93. The SMILES string of the molecule is CN(C)C/C=C/C(=O)Nc1ccc2ncnc(Nc3ccccc3F)c2c1-c1ccc2ccn(C)c2c1. The van der Waals surface area contributed by atoms with Crippen LogP contribution >= 0.6 is 0 Å². The van der Waals surface area contributed by atoms with Gasteiger partial charge in [-0.1, -0.05) is 30.3 Å². The molecule has 37 heavy (non-hydrogen) atoms. The molecule has 0 unspecified atom stereocenters. The van der Waals surface area contributed by atoms with Gasteiger partial charge in [-0.15, -0.1) is 0 Å². The Bertz CT molecular complexity index is 1640. The van der Waals surface area contributed by atoms with Gasteiger partial charge in [-0.05, 0) is 61.4 Å². The summed E-state index contributed by atoms with van der Waals surface area (Å²) >= 11 is 0. The summed E-state index contributed by atoms with van der Waals surface area (Å²) in [5.74, 6) is -0.198. The van der Waals surface area contributed by atoms with Crippen molar-refractivity contribution in [2.75, 3.05) is 31.3 Å². The lowest BCUT2D eigenvalue weighted by Gasteiger charge is -2.17. The predicted molar refractivity (Wildman–Crippen MR) is 147 cm³/mol. The lowest BCUT2D eigenvalue weighted by atomic mass is 9.97. The van der Waals surface area contributed by atoms with Gasteiger partial charge in [-0.25, -0.2) is 14.4 Å². The highest BCUT2D eigenvalue weighted by Crippen LogP contribution is 2.40. The van der Waals surface area contributed by atoms with Gasteiger partial charge in [0.25, 0.3) is 0 Å². The molecule has 2 heterocycles. The van der Waals surface area contributed by atoms with Crippen LogP contribution in [0.1, 0.15) is 0 Å². The highest BCUT2D eigenvalue weighted by molar-refractivity contribution is 6.12. The molecule has 0 saturated carbocycles. The minimum Gasteiger partial charge on any atom is -0.351 e. The summed E-state index contributed by atoms with van der Waals surface area (Å²) in [7, 11) is 5.86. The van der Waals surface area contributed by atoms with Crippen molar-refractivity contribution in [2.24, 2.45) is 7.05 Å². The monoisotopic (exact) mass is 494 g/mol. The van der Waals surface area contributed by atoms with E-state index in [0.29, 0.717) is 34.6 Å². The largest absolute Gasteiger partial charge is 0.351 e. The second kappa shape index (κ2) is 10.2. The molecule has 186 valence electrons. The Kier molecular flexibility index (Phi) is 6.66. The summed E-state index contributed by atoms with van der Waals surface area (Å²) in [5.41, 5.74) is 4.22. The van der Waals surface area contributed by atoms with E-state index in [-0.39, 0.29) is 5.91 Å². The number of amides is 1. The van der Waals surface area contributed by atoms with Crippen LogP contribution in [0.2, 0.25) is 0 Å². The number of fused-ring (bicyclic) bond motifs is 2. The number of hydrogen-bond donors (Lipinski definition) is 2. The zero-order chi connectivity index (χ0) is 25.9. The number of aromatic nitrogens is 3. The molecular formula is C29H27FN6O.